The molecule has 1 atom stereocenters. The number of fused-ring (bicyclic) bond motifs is 1. The average molecular weight is 256 g/mol. The number of aryl methyl sites for hydroxylation is 1. The van der Waals surface area contributed by atoms with E-state index in [0.717, 1.165) is 4.57 Å². The highest BCUT2D eigenvalue weighted by atomic mass is 32.2. The fraction of sp³-hybridized carbons (Fsp3) is 0.444. The average Bonchev–Trinajstić information content (AvgIpc) is 2.66. The van der Waals surface area contributed by atoms with Crippen LogP contribution in [0.3, 0.4) is 0 Å². The normalized spacial score (nSPS) is 13.1. The lowest BCUT2D eigenvalue weighted by molar-refractivity contribution is 0.676. The molecule has 0 N–H and O–H groups in total. The number of aromatic nitrogens is 4. The Morgan fingerprint density at radius 3 is 2.53 bits per heavy atom. The van der Waals surface area contributed by atoms with E-state index in [9.17, 15) is 13.8 Å². The minimum absolute atomic E-state index is 0.184. The Hall–Kier alpha value is -1.70. The summed E-state index contributed by atoms with van der Waals surface area (Å²) < 4.78 is 15.0. The molecule has 8 heteroatoms. The Bertz CT molecular complexity index is 724. The molecular formula is C9H12N4O3S. The molecule has 2 aromatic rings. The molecule has 17 heavy (non-hydrogen) atoms. The summed E-state index contributed by atoms with van der Waals surface area (Å²) in [5.74, 6) is 0.184. The lowest BCUT2D eigenvalue weighted by Gasteiger charge is -2.04. The van der Waals surface area contributed by atoms with E-state index in [1.54, 1.807) is 7.05 Å². The van der Waals surface area contributed by atoms with Gasteiger partial charge in [0.05, 0.1) is 12.2 Å². The van der Waals surface area contributed by atoms with Crippen molar-refractivity contribution in [3.8, 4) is 0 Å². The molecule has 0 aliphatic carbocycles. The van der Waals surface area contributed by atoms with Crippen LogP contribution in [0, 0.1) is 0 Å². The van der Waals surface area contributed by atoms with Crippen LogP contribution in [-0.2, 0) is 30.8 Å². The van der Waals surface area contributed by atoms with Crippen molar-refractivity contribution in [2.75, 3.05) is 6.26 Å². The first-order valence-electron chi connectivity index (χ1n) is 4.84. The maximum Gasteiger partial charge on any atom is 0.332 e. The van der Waals surface area contributed by atoms with Gasteiger partial charge in [0.15, 0.2) is 11.2 Å². The maximum absolute atomic E-state index is 12.0. The summed E-state index contributed by atoms with van der Waals surface area (Å²) >= 11 is 0. The standard InChI is InChI=1S/C9H12N4O3S/c1-11-7-6(8(14)12(2)9(11)15)13(4-10-7)5-17(3)16/h4H,5H2,1-3H3/t17-/m1/s1. The lowest BCUT2D eigenvalue weighted by atomic mass is 10.5. The van der Waals surface area contributed by atoms with Gasteiger partial charge in [0.25, 0.3) is 5.56 Å². The molecule has 0 amide bonds. The minimum atomic E-state index is -1.09. The van der Waals surface area contributed by atoms with Gasteiger partial charge in [-0.2, -0.15) is 0 Å². The predicted octanol–water partition coefficient (Wildman–Crippen LogP) is -1.23. The molecule has 0 bridgehead atoms. The van der Waals surface area contributed by atoms with E-state index in [1.165, 1.54) is 28.8 Å². The Kier molecular flexibility index (Phi) is 2.74. The van der Waals surface area contributed by atoms with E-state index in [-0.39, 0.29) is 5.88 Å². The summed E-state index contributed by atoms with van der Waals surface area (Å²) in [6.07, 6.45) is 2.96. The molecule has 0 aliphatic heterocycles. The van der Waals surface area contributed by atoms with Gasteiger partial charge in [-0.15, -0.1) is 0 Å². The van der Waals surface area contributed by atoms with Gasteiger partial charge < -0.3 is 4.57 Å². The molecule has 2 rings (SSSR count). The van der Waals surface area contributed by atoms with Crippen LogP contribution < -0.4 is 11.2 Å². The van der Waals surface area contributed by atoms with E-state index < -0.39 is 22.0 Å². The molecule has 92 valence electrons. The summed E-state index contributed by atoms with van der Waals surface area (Å²) in [6.45, 7) is 0. The quantitative estimate of drug-likeness (QED) is 0.674. The molecule has 2 aromatic heterocycles. The number of nitrogens with zero attached hydrogens (tertiary/aromatic N) is 4. The Labute approximate surface area is 98.8 Å². The number of imidazole rings is 1. The second-order valence-electron chi connectivity index (χ2n) is 3.79. The SMILES string of the molecule is Cn1c(=O)c2c(ncn2C[S@@](C)=O)n(C)c1=O. The third kappa shape index (κ3) is 1.74. The highest BCUT2D eigenvalue weighted by Crippen LogP contribution is 2.05. The van der Waals surface area contributed by atoms with Gasteiger partial charge in [-0.3, -0.25) is 18.1 Å². The fourth-order valence-corrected chi connectivity index (χ4v) is 2.28. The molecule has 2 heterocycles. The van der Waals surface area contributed by atoms with Crippen LogP contribution in [0.25, 0.3) is 11.2 Å². The van der Waals surface area contributed by atoms with Crippen molar-refractivity contribution in [2.45, 2.75) is 5.88 Å². The smallest absolute Gasteiger partial charge is 0.312 e. The summed E-state index contributed by atoms with van der Waals surface area (Å²) in [7, 11) is 1.86. The van der Waals surface area contributed by atoms with Crippen LogP contribution in [0.5, 0.6) is 0 Å². The number of hydrogen-bond donors (Lipinski definition) is 0. The molecule has 0 unspecified atom stereocenters. The first kappa shape index (κ1) is 11.8. The van der Waals surface area contributed by atoms with Crippen molar-refractivity contribution in [1.29, 1.82) is 0 Å². The van der Waals surface area contributed by atoms with E-state index in [2.05, 4.69) is 4.98 Å². The second-order valence-corrected chi connectivity index (χ2v) is 5.20. The molecule has 0 aromatic carbocycles. The summed E-state index contributed by atoms with van der Waals surface area (Å²) in [5, 5.41) is 0. The topological polar surface area (TPSA) is 78.9 Å². The largest absolute Gasteiger partial charge is 0.332 e. The molecule has 0 saturated carbocycles. The Balaban J connectivity index is 2.90. The van der Waals surface area contributed by atoms with Crippen LogP contribution in [0.4, 0.5) is 0 Å². The third-order valence-corrected chi connectivity index (χ3v) is 3.18. The first-order valence-corrected chi connectivity index (χ1v) is 6.57. The first-order chi connectivity index (χ1) is 7.93. The van der Waals surface area contributed by atoms with Gasteiger partial charge in [-0.1, -0.05) is 0 Å². The Morgan fingerprint density at radius 1 is 1.29 bits per heavy atom. The van der Waals surface area contributed by atoms with Crippen molar-refractivity contribution in [3.05, 3.63) is 27.2 Å². The Morgan fingerprint density at radius 2 is 1.94 bits per heavy atom. The zero-order valence-electron chi connectivity index (χ0n) is 9.71. The second kappa shape index (κ2) is 3.95. The molecule has 0 saturated heterocycles. The van der Waals surface area contributed by atoms with E-state index in [0.29, 0.717) is 11.2 Å². The van der Waals surface area contributed by atoms with Crippen molar-refractivity contribution in [2.24, 2.45) is 14.1 Å². The van der Waals surface area contributed by atoms with Gasteiger partial charge in [-0.05, 0) is 0 Å². The van der Waals surface area contributed by atoms with E-state index in [4.69, 9.17) is 0 Å². The zero-order chi connectivity index (χ0) is 12.7. The molecule has 0 aliphatic rings. The van der Waals surface area contributed by atoms with Crippen molar-refractivity contribution < 1.29 is 4.21 Å². The molecule has 0 spiro atoms. The molecular weight excluding hydrogens is 244 g/mol. The number of hydrogen-bond acceptors (Lipinski definition) is 4. The van der Waals surface area contributed by atoms with Gasteiger partial charge >= 0.3 is 5.69 Å². The minimum Gasteiger partial charge on any atom is -0.312 e. The molecule has 0 fully saturated rings. The van der Waals surface area contributed by atoms with Gasteiger partial charge in [-0.25, -0.2) is 9.78 Å². The number of rotatable bonds is 2. The van der Waals surface area contributed by atoms with Crippen LogP contribution in [0.1, 0.15) is 0 Å². The van der Waals surface area contributed by atoms with Crippen LogP contribution >= 0.6 is 0 Å². The molecule has 7 nitrogen and oxygen atoms in total. The fourth-order valence-electron chi connectivity index (χ4n) is 1.69. The highest BCUT2D eigenvalue weighted by molar-refractivity contribution is 7.83. The van der Waals surface area contributed by atoms with E-state index in [1.807, 2.05) is 0 Å². The van der Waals surface area contributed by atoms with Crippen molar-refractivity contribution in [3.63, 3.8) is 0 Å². The predicted molar refractivity (Wildman–Crippen MR) is 64.3 cm³/mol. The van der Waals surface area contributed by atoms with Crippen molar-refractivity contribution in [1.82, 2.24) is 18.7 Å². The maximum atomic E-state index is 12.0. The summed E-state index contributed by atoms with van der Waals surface area (Å²) in [4.78, 5) is 27.6. The third-order valence-electron chi connectivity index (χ3n) is 2.54. The zero-order valence-corrected chi connectivity index (χ0v) is 10.5. The van der Waals surface area contributed by atoms with Crippen LogP contribution in [0.2, 0.25) is 0 Å². The van der Waals surface area contributed by atoms with Gasteiger partial charge in [0.2, 0.25) is 0 Å². The monoisotopic (exact) mass is 256 g/mol. The van der Waals surface area contributed by atoms with Crippen LogP contribution in [0.15, 0.2) is 15.9 Å². The van der Waals surface area contributed by atoms with Crippen molar-refractivity contribution >= 4 is 22.0 Å². The molecule has 0 radical (unpaired) electrons. The lowest BCUT2D eigenvalue weighted by Crippen LogP contribution is -2.37. The van der Waals surface area contributed by atoms with Gasteiger partial charge in [0, 0.05) is 31.2 Å². The summed E-state index contributed by atoms with van der Waals surface area (Å²) in [5.41, 5.74) is -0.246. The highest BCUT2D eigenvalue weighted by Gasteiger charge is 2.14. The van der Waals surface area contributed by atoms with Crippen LogP contribution in [-0.4, -0.2) is 29.1 Å². The van der Waals surface area contributed by atoms with E-state index >= 15 is 0 Å². The van der Waals surface area contributed by atoms with Gasteiger partial charge in [0.1, 0.15) is 0 Å². The summed E-state index contributed by atoms with van der Waals surface area (Å²) in [6, 6.07) is 0.